The van der Waals surface area contributed by atoms with E-state index in [0.29, 0.717) is 23.9 Å². The first-order valence-corrected chi connectivity index (χ1v) is 10.6. The topological polar surface area (TPSA) is 86.9 Å². The predicted octanol–water partition coefficient (Wildman–Crippen LogP) is 2.58. The number of aliphatic imine (C=N–C) groups is 1. The molecule has 1 aromatic carbocycles. The molecule has 0 spiro atoms. The number of nitrogens with one attached hydrogen (secondary N) is 2. The van der Waals surface area contributed by atoms with E-state index in [9.17, 15) is 8.42 Å². The van der Waals surface area contributed by atoms with Crippen LogP contribution >= 0.6 is 24.0 Å². The van der Waals surface area contributed by atoms with Crippen molar-refractivity contribution in [1.82, 2.24) is 15.5 Å². The predicted molar refractivity (Wildman–Crippen MR) is 123 cm³/mol. The monoisotopic (exact) mass is 520 g/mol. The van der Waals surface area contributed by atoms with Gasteiger partial charge >= 0.3 is 0 Å². The molecule has 0 amide bonds. The Morgan fingerprint density at radius 3 is 2.46 bits per heavy atom. The molecule has 1 unspecified atom stereocenters. The smallest absolute Gasteiger partial charge is 0.191 e. The molecule has 1 aromatic heterocycles. The van der Waals surface area contributed by atoms with Crippen molar-refractivity contribution in [2.24, 2.45) is 4.99 Å². The summed E-state index contributed by atoms with van der Waals surface area (Å²) < 4.78 is 29.0. The van der Waals surface area contributed by atoms with Crippen molar-refractivity contribution in [2.75, 3.05) is 33.9 Å². The largest absolute Gasteiger partial charge is 0.468 e. The molecule has 0 saturated carbocycles. The highest BCUT2D eigenvalue weighted by molar-refractivity contribution is 14.0. The average Bonchev–Trinajstić information content (AvgIpc) is 3.10. The van der Waals surface area contributed by atoms with Gasteiger partial charge in [0, 0.05) is 26.4 Å². The van der Waals surface area contributed by atoms with E-state index in [-0.39, 0.29) is 30.0 Å². The Labute approximate surface area is 184 Å². The third-order valence-electron chi connectivity index (χ3n) is 4.28. The lowest BCUT2D eigenvalue weighted by atomic mass is 10.1. The third kappa shape index (κ3) is 6.78. The molecular weight excluding hydrogens is 491 g/mol. The number of likely N-dealkylation sites (N-methyl/N-ethyl adjacent to an activating group) is 1. The van der Waals surface area contributed by atoms with Crippen molar-refractivity contribution in [3.05, 3.63) is 53.5 Å². The maximum Gasteiger partial charge on any atom is 0.191 e. The third-order valence-corrected chi connectivity index (χ3v) is 5.54. The highest BCUT2D eigenvalue weighted by Crippen LogP contribution is 2.18. The summed E-state index contributed by atoms with van der Waals surface area (Å²) in [7, 11) is 2.50. The molecule has 28 heavy (non-hydrogen) atoms. The number of hydrogen-bond acceptors (Lipinski definition) is 5. The summed E-state index contributed by atoms with van der Waals surface area (Å²) in [5, 5.41) is 6.55. The molecule has 0 aliphatic carbocycles. The van der Waals surface area contributed by atoms with Gasteiger partial charge in [0.05, 0.1) is 17.2 Å². The number of benzene rings is 1. The molecule has 0 aliphatic rings. The van der Waals surface area contributed by atoms with Gasteiger partial charge in [-0.3, -0.25) is 9.89 Å². The zero-order valence-electron chi connectivity index (χ0n) is 16.9. The van der Waals surface area contributed by atoms with E-state index < -0.39 is 9.84 Å². The van der Waals surface area contributed by atoms with Gasteiger partial charge in [-0.2, -0.15) is 0 Å². The van der Waals surface area contributed by atoms with Gasteiger partial charge in [-0.25, -0.2) is 8.42 Å². The van der Waals surface area contributed by atoms with Gasteiger partial charge in [-0.15, -0.1) is 24.0 Å². The van der Waals surface area contributed by atoms with Crippen molar-refractivity contribution >= 4 is 39.8 Å². The number of hydrogen-bond donors (Lipinski definition) is 2. The lowest BCUT2D eigenvalue weighted by molar-refractivity contribution is 0.258. The fourth-order valence-electron chi connectivity index (χ4n) is 2.86. The SMILES string of the molecule is CN=C(NCc1ccc(S(C)(=O)=O)c(C)c1)NCC(c1ccco1)N(C)C.I. The molecule has 2 aromatic rings. The van der Waals surface area contributed by atoms with Crippen LogP contribution in [0.3, 0.4) is 0 Å². The second kappa shape index (κ2) is 10.8. The lowest BCUT2D eigenvalue weighted by Gasteiger charge is -2.23. The molecule has 1 atom stereocenters. The highest BCUT2D eigenvalue weighted by Gasteiger charge is 2.17. The standard InChI is InChI=1S/C19H28N4O3S.HI/c1-14-11-15(8-9-18(14)27(5,24)25)12-21-19(20-2)22-13-16(23(3)4)17-7-6-10-26-17;/h6-11,16H,12-13H2,1-5H3,(H2,20,21,22);1H. The van der Waals surface area contributed by atoms with E-state index in [2.05, 4.69) is 20.5 Å². The maximum atomic E-state index is 11.7. The summed E-state index contributed by atoms with van der Waals surface area (Å²) in [5.41, 5.74) is 1.73. The van der Waals surface area contributed by atoms with E-state index in [1.54, 1.807) is 26.3 Å². The minimum atomic E-state index is -3.20. The number of furan rings is 1. The van der Waals surface area contributed by atoms with Crippen LogP contribution < -0.4 is 10.6 Å². The number of nitrogens with zero attached hydrogens (tertiary/aromatic N) is 2. The zero-order chi connectivity index (χ0) is 20.0. The molecule has 7 nitrogen and oxygen atoms in total. The number of halogens is 1. The Kier molecular flexibility index (Phi) is 9.45. The van der Waals surface area contributed by atoms with Crippen molar-refractivity contribution in [3.63, 3.8) is 0 Å². The van der Waals surface area contributed by atoms with Crippen LogP contribution in [0.15, 0.2) is 50.9 Å². The Balaban J connectivity index is 0.00000392. The average molecular weight is 520 g/mol. The fraction of sp³-hybridized carbons (Fsp3) is 0.421. The number of aryl methyl sites for hydroxylation is 1. The summed E-state index contributed by atoms with van der Waals surface area (Å²) in [6.07, 6.45) is 2.89. The van der Waals surface area contributed by atoms with Crippen molar-refractivity contribution < 1.29 is 12.8 Å². The molecule has 0 radical (unpaired) electrons. The van der Waals surface area contributed by atoms with E-state index in [1.807, 2.05) is 38.4 Å². The van der Waals surface area contributed by atoms with Crippen LogP contribution in [-0.4, -0.2) is 53.2 Å². The van der Waals surface area contributed by atoms with Gasteiger partial charge < -0.3 is 15.1 Å². The Bertz CT molecular complexity index is 881. The zero-order valence-corrected chi connectivity index (χ0v) is 20.0. The molecular formula is C19H29IN4O3S. The molecule has 0 fully saturated rings. The van der Waals surface area contributed by atoms with Gasteiger partial charge in [0.2, 0.25) is 0 Å². The summed E-state index contributed by atoms with van der Waals surface area (Å²) in [4.78, 5) is 6.68. The van der Waals surface area contributed by atoms with E-state index >= 15 is 0 Å². The van der Waals surface area contributed by atoms with Gasteiger partial charge in [0.25, 0.3) is 0 Å². The van der Waals surface area contributed by atoms with Crippen LogP contribution in [0.2, 0.25) is 0 Å². The first-order valence-electron chi connectivity index (χ1n) is 8.66. The van der Waals surface area contributed by atoms with E-state index in [4.69, 9.17) is 4.42 Å². The summed E-state index contributed by atoms with van der Waals surface area (Å²) in [6, 6.07) is 9.25. The van der Waals surface area contributed by atoms with Crippen LogP contribution in [0.4, 0.5) is 0 Å². The fourth-order valence-corrected chi connectivity index (χ4v) is 3.81. The summed E-state index contributed by atoms with van der Waals surface area (Å²) in [5.74, 6) is 1.55. The van der Waals surface area contributed by atoms with Crippen LogP contribution in [0.1, 0.15) is 22.9 Å². The second-order valence-corrected chi connectivity index (χ2v) is 8.66. The van der Waals surface area contributed by atoms with E-state index in [0.717, 1.165) is 16.9 Å². The Morgan fingerprint density at radius 2 is 1.96 bits per heavy atom. The van der Waals surface area contributed by atoms with Crippen molar-refractivity contribution in [3.8, 4) is 0 Å². The Morgan fingerprint density at radius 1 is 1.25 bits per heavy atom. The summed E-state index contributed by atoms with van der Waals surface area (Å²) >= 11 is 0. The second-order valence-electron chi connectivity index (χ2n) is 6.67. The molecule has 0 saturated heterocycles. The Hall–Kier alpha value is -1.59. The van der Waals surface area contributed by atoms with E-state index in [1.165, 1.54) is 6.26 Å². The highest BCUT2D eigenvalue weighted by atomic mass is 127. The van der Waals surface area contributed by atoms with Crippen LogP contribution in [0, 0.1) is 6.92 Å². The molecule has 2 rings (SSSR count). The minimum Gasteiger partial charge on any atom is -0.468 e. The molecule has 1 heterocycles. The minimum absolute atomic E-state index is 0. The van der Waals surface area contributed by atoms with Gasteiger partial charge in [-0.05, 0) is 50.3 Å². The van der Waals surface area contributed by atoms with Crippen molar-refractivity contribution in [1.29, 1.82) is 0 Å². The first kappa shape index (κ1) is 24.4. The number of sulfone groups is 1. The lowest BCUT2D eigenvalue weighted by Crippen LogP contribution is -2.41. The number of guanidine groups is 1. The summed E-state index contributed by atoms with van der Waals surface area (Å²) in [6.45, 7) is 2.97. The molecule has 2 N–H and O–H groups in total. The first-order chi connectivity index (χ1) is 12.7. The molecule has 0 aliphatic heterocycles. The van der Waals surface area contributed by atoms with Gasteiger partial charge in [0.15, 0.2) is 15.8 Å². The molecule has 0 bridgehead atoms. The van der Waals surface area contributed by atoms with Gasteiger partial charge in [0.1, 0.15) is 5.76 Å². The van der Waals surface area contributed by atoms with Crippen molar-refractivity contribution in [2.45, 2.75) is 24.4 Å². The van der Waals surface area contributed by atoms with Gasteiger partial charge in [-0.1, -0.05) is 12.1 Å². The maximum absolute atomic E-state index is 11.7. The molecule has 156 valence electrons. The number of rotatable bonds is 7. The van der Waals surface area contributed by atoms with Crippen LogP contribution in [0.25, 0.3) is 0 Å². The van der Waals surface area contributed by atoms with Crippen LogP contribution in [-0.2, 0) is 16.4 Å². The quantitative estimate of drug-likeness (QED) is 0.332. The normalized spacial score (nSPS) is 13.1. The van der Waals surface area contributed by atoms with Crippen LogP contribution in [0.5, 0.6) is 0 Å². The molecule has 9 heteroatoms.